The Morgan fingerprint density at radius 1 is 1.18 bits per heavy atom. The number of rotatable bonds is 5. The molecule has 0 saturated heterocycles. The molecule has 0 amide bonds. The lowest BCUT2D eigenvalue weighted by Crippen LogP contribution is -2.03. The van der Waals surface area contributed by atoms with E-state index in [1.807, 2.05) is 30.5 Å². The van der Waals surface area contributed by atoms with Gasteiger partial charge >= 0.3 is 0 Å². The van der Waals surface area contributed by atoms with Crippen molar-refractivity contribution in [3.8, 4) is 0 Å². The fraction of sp³-hybridized carbons (Fsp3) is 0.333. The van der Waals surface area contributed by atoms with Gasteiger partial charge in [-0.15, -0.1) is 5.10 Å². The second kappa shape index (κ2) is 5.56. The summed E-state index contributed by atoms with van der Waals surface area (Å²) in [6, 6.07) is 7.78. The third kappa shape index (κ3) is 3.12. The molecular formula is C12H16N4O. The average molecular weight is 232 g/mol. The van der Waals surface area contributed by atoms with Gasteiger partial charge in [-0.05, 0) is 17.7 Å². The first-order chi connectivity index (χ1) is 8.31. The van der Waals surface area contributed by atoms with Gasteiger partial charge in [0.05, 0.1) is 18.8 Å². The van der Waals surface area contributed by atoms with Crippen molar-refractivity contribution >= 4 is 0 Å². The minimum absolute atomic E-state index is 0.0737. The van der Waals surface area contributed by atoms with Gasteiger partial charge in [0.1, 0.15) is 0 Å². The van der Waals surface area contributed by atoms with Gasteiger partial charge in [0, 0.05) is 12.6 Å². The maximum Gasteiger partial charge on any atom is 0.0839 e. The molecule has 2 aromatic rings. The number of hydrogen-bond acceptors (Lipinski definition) is 4. The molecule has 1 aromatic carbocycles. The van der Waals surface area contributed by atoms with Crippen molar-refractivity contribution < 1.29 is 5.11 Å². The lowest BCUT2D eigenvalue weighted by atomic mass is 10.1. The van der Waals surface area contributed by atoms with Crippen LogP contribution >= 0.6 is 0 Å². The average Bonchev–Trinajstić information content (AvgIpc) is 2.78. The molecule has 0 aliphatic heterocycles. The highest BCUT2D eigenvalue weighted by atomic mass is 16.3. The molecule has 17 heavy (non-hydrogen) atoms. The van der Waals surface area contributed by atoms with Crippen molar-refractivity contribution in [2.24, 2.45) is 5.73 Å². The van der Waals surface area contributed by atoms with E-state index in [9.17, 15) is 0 Å². The maximum absolute atomic E-state index is 8.94. The predicted octanol–water partition coefficient (Wildman–Crippen LogP) is 0.320. The third-order valence-corrected chi connectivity index (χ3v) is 2.54. The zero-order valence-electron chi connectivity index (χ0n) is 9.58. The molecule has 5 heteroatoms. The molecule has 1 aromatic heterocycles. The largest absolute Gasteiger partial charge is 0.392 e. The topological polar surface area (TPSA) is 77.0 Å². The molecule has 0 atom stereocenters. The summed E-state index contributed by atoms with van der Waals surface area (Å²) in [4.78, 5) is 0. The van der Waals surface area contributed by atoms with E-state index in [2.05, 4.69) is 10.3 Å². The molecule has 90 valence electrons. The lowest BCUT2D eigenvalue weighted by molar-refractivity contribution is 0.282. The highest BCUT2D eigenvalue weighted by molar-refractivity contribution is 5.22. The van der Waals surface area contributed by atoms with Crippen LogP contribution in [0.2, 0.25) is 0 Å². The van der Waals surface area contributed by atoms with Crippen LogP contribution in [0.5, 0.6) is 0 Å². The number of aliphatic hydroxyl groups excluding tert-OH is 1. The SMILES string of the molecule is NCCc1cn(Cc2ccc(CO)cc2)nn1. The first-order valence-electron chi connectivity index (χ1n) is 5.59. The third-order valence-electron chi connectivity index (χ3n) is 2.54. The van der Waals surface area contributed by atoms with Crippen LogP contribution < -0.4 is 5.73 Å². The van der Waals surface area contributed by atoms with Gasteiger partial charge in [-0.3, -0.25) is 0 Å². The van der Waals surface area contributed by atoms with E-state index in [-0.39, 0.29) is 6.61 Å². The fourth-order valence-corrected chi connectivity index (χ4v) is 1.62. The Bertz CT molecular complexity index is 464. The van der Waals surface area contributed by atoms with E-state index in [1.54, 1.807) is 4.68 Å². The predicted molar refractivity (Wildman–Crippen MR) is 64.2 cm³/mol. The maximum atomic E-state index is 8.94. The summed E-state index contributed by atoms with van der Waals surface area (Å²) in [6.45, 7) is 1.34. The quantitative estimate of drug-likeness (QED) is 0.778. The van der Waals surface area contributed by atoms with Crippen molar-refractivity contribution in [2.75, 3.05) is 6.54 Å². The highest BCUT2D eigenvalue weighted by Gasteiger charge is 2.01. The van der Waals surface area contributed by atoms with Crippen molar-refractivity contribution in [1.29, 1.82) is 0 Å². The molecule has 0 bridgehead atoms. The Balaban J connectivity index is 2.03. The first-order valence-corrected chi connectivity index (χ1v) is 5.59. The zero-order chi connectivity index (χ0) is 12.1. The summed E-state index contributed by atoms with van der Waals surface area (Å²) in [5, 5.41) is 17.0. The van der Waals surface area contributed by atoms with Crippen LogP contribution in [0.25, 0.3) is 0 Å². The summed E-state index contributed by atoms with van der Waals surface area (Å²) in [6.07, 6.45) is 2.66. The van der Waals surface area contributed by atoms with Gasteiger partial charge in [0.25, 0.3) is 0 Å². The van der Waals surface area contributed by atoms with Crippen molar-refractivity contribution in [2.45, 2.75) is 19.6 Å². The van der Waals surface area contributed by atoms with E-state index in [1.165, 1.54) is 0 Å². The molecular weight excluding hydrogens is 216 g/mol. The van der Waals surface area contributed by atoms with Crippen LogP contribution in [0.15, 0.2) is 30.5 Å². The Morgan fingerprint density at radius 3 is 2.53 bits per heavy atom. The smallest absolute Gasteiger partial charge is 0.0839 e. The Morgan fingerprint density at radius 2 is 1.88 bits per heavy atom. The molecule has 3 N–H and O–H groups in total. The summed E-state index contributed by atoms with van der Waals surface area (Å²) < 4.78 is 1.79. The van der Waals surface area contributed by atoms with Crippen molar-refractivity contribution in [3.05, 3.63) is 47.3 Å². The minimum atomic E-state index is 0.0737. The number of aliphatic hydroxyl groups is 1. The van der Waals surface area contributed by atoms with Gasteiger partial charge in [0.15, 0.2) is 0 Å². The second-order valence-corrected chi connectivity index (χ2v) is 3.92. The Labute approximate surface area is 99.9 Å². The van der Waals surface area contributed by atoms with Crippen molar-refractivity contribution in [3.63, 3.8) is 0 Å². The summed E-state index contributed by atoms with van der Waals surface area (Å²) in [7, 11) is 0. The summed E-state index contributed by atoms with van der Waals surface area (Å²) in [5.74, 6) is 0. The van der Waals surface area contributed by atoms with Crippen LogP contribution in [-0.2, 0) is 19.6 Å². The molecule has 0 saturated carbocycles. The number of nitrogens with two attached hydrogens (primary N) is 1. The Kier molecular flexibility index (Phi) is 3.85. The molecule has 0 unspecified atom stereocenters. The first kappa shape index (κ1) is 11.8. The van der Waals surface area contributed by atoms with Crippen LogP contribution in [-0.4, -0.2) is 26.6 Å². The van der Waals surface area contributed by atoms with Crippen LogP contribution in [0.1, 0.15) is 16.8 Å². The molecule has 5 nitrogen and oxygen atoms in total. The summed E-state index contributed by atoms with van der Waals surface area (Å²) in [5.41, 5.74) is 8.41. The van der Waals surface area contributed by atoms with Crippen LogP contribution in [0, 0.1) is 0 Å². The molecule has 1 heterocycles. The standard InChI is InChI=1S/C12H16N4O/c13-6-5-12-8-16(15-14-12)7-10-1-3-11(9-17)4-2-10/h1-4,8,17H,5-7,9,13H2. The number of aromatic nitrogens is 3. The van der Waals surface area contributed by atoms with Gasteiger partial charge < -0.3 is 10.8 Å². The van der Waals surface area contributed by atoms with E-state index >= 15 is 0 Å². The Hall–Kier alpha value is -1.72. The van der Waals surface area contributed by atoms with E-state index in [0.29, 0.717) is 13.1 Å². The number of benzene rings is 1. The molecule has 0 radical (unpaired) electrons. The molecule has 0 spiro atoms. The fourth-order valence-electron chi connectivity index (χ4n) is 1.62. The van der Waals surface area contributed by atoms with Gasteiger partial charge in [-0.2, -0.15) is 0 Å². The molecule has 2 rings (SSSR count). The lowest BCUT2D eigenvalue weighted by Gasteiger charge is -2.02. The minimum Gasteiger partial charge on any atom is -0.392 e. The number of hydrogen-bond donors (Lipinski definition) is 2. The summed E-state index contributed by atoms with van der Waals surface area (Å²) >= 11 is 0. The monoisotopic (exact) mass is 232 g/mol. The zero-order valence-corrected chi connectivity index (χ0v) is 9.58. The van der Waals surface area contributed by atoms with Gasteiger partial charge in [0.2, 0.25) is 0 Å². The molecule has 0 aliphatic carbocycles. The normalized spacial score (nSPS) is 10.7. The van der Waals surface area contributed by atoms with Crippen LogP contribution in [0.4, 0.5) is 0 Å². The van der Waals surface area contributed by atoms with Crippen molar-refractivity contribution in [1.82, 2.24) is 15.0 Å². The van der Waals surface area contributed by atoms with E-state index in [4.69, 9.17) is 10.8 Å². The van der Waals surface area contributed by atoms with E-state index in [0.717, 1.165) is 23.2 Å². The van der Waals surface area contributed by atoms with Gasteiger partial charge in [-0.1, -0.05) is 29.5 Å². The van der Waals surface area contributed by atoms with E-state index < -0.39 is 0 Å². The number of nitrogens with zero attached hydrogens (tertiary/aromatic N) is 3. The second-order valence-electron chi connectivity index (χ2n) is 3.92. The highest BCUT2D eigenvalue weighted by Crippen LogP contribution is 2.06. The molecule has 0 aliphatic rings. The van der Waals surface area contributed by atoms with Gasteiger partial charge in [-0.25, -0.2) is 4.68 Å². The molecule has 0 fully saturated rings. The van der Waals surface area contributed by atoms with Crippen LogP contribution in [0.3, 0.4) is 0 Å².